The maximum atomic E-state index is 6.12. The Morgan fingerprint density at radius 2 is 1.44 bits per heavy atom. The first-order valence-corrected chi connectivity index (χ1v) is 5.72. The van der Waals surface area contributed by atoms with E-state index in [0.29, 0.717) is 20.8 Å². The predicted octanol–water partition coefficient (Wildman–Crippen LogP) is 4.90. The summed E-state index contributed by atoms with van der Waals surface area (Å²) in [5.41, 5.74) is 7.96. The Hall–Kier alpha value is -0.890. The molecule has 0 saturated carbocycles. The fourth-order valence-electron chi connectivity index (χ4n) is 1.45. The van der Waals surface area contributed by atoms with Gasteiger partial charge in [-0.25, -0.2) is 0 Å². The molecule has 0 aliphatic carbocycles. The van der Waals surface area contributed by atoms with Gasteiger partial charge in [0.05, 0.1) is 10.7 Å². The first-order valence-electron chi connectivity index (χ1n) is 4.58. The molecule has 2 aromatic rings. The molecule has 0 aromatic heterocycles. The molecule has 0 amide bonds. The van der Waals surface area contributed by atoms with Crippen LogP contribution in [0.25, 0.3) is 11.1 Å². The molecule has 0 unspecified atom stereocenters. The van der Waals surface area contributed by atoms with Gasteiger partial charge in [-0.2, -0.15) is 0 Å². The van der Waals surface area contributed by atoms with Gasteiger partial charge in [0.15, 0.2) is 0 Å². The lowest BCUT2D eigenvalue weighted by Crippen LogP contribution is -1.89. The van der Waals surface area contributed by atoms with Crippen LogP contribution < -0.4 is 5.73 Å². The van der Waals surface area contributed by atoms with Crippen LogP contribution in [0.1, 0.15) is 0 Å². The molecule has 82 valence electrons. The summed E-state index contributed by atoms with van der Waals surface area (Å²) in [5.74, 6) is 0. The van der Waals surface area contributed by atoms with Crippen molar-refractivity contribution in [2.75, 3.05) is 5.73 Å². The Morgan fingerprint density at radius 3 is 2.06 bits per heavy atom. The molecule has 0 heterocycles. The molecule has 1 nitrogen and oxygen atoms in total. The molecule has 0 radical (unpaired) electrons. The molecule has 16 heavy (non-hydrogen) atoms. The summed E-state index contributed by atoms with van der Waals surface area (Å²) in [5, 5.41) is 1.74. The summed E-state index contributed by atoms with van der Waals surface area (Å²) < 4.78 is 0. The predicted molar refractivity (Wildman–Crippen MR) is 71.3 cm³/mol. The summed E-state index contributed by atoms with van der Waals surface area (Å²) in [6.45, 7) is 0. The third-order valence-corrected chi connectivity index (χ3v) is 3.11. The van der Waals surface area contributed by atoms with E-state index in [9.17, 15) is 0 Å². The average Bonchev–Trinajstić information content (AvgIpc) is 2.25. The van der Waals surface area contributed by atoms with Crippen LogP contribution in [0.4, 0.5) is 5.69 Å². The van der Waals surface area contributed by atoms with Crippen molar-refractivity contribution in [3.05, 3.63) is 51.5 Å². The van der Waals surface area contributed by atoms with Gasteiger partial charge in [-0.15, -0.1) is 0 Å². The van der Waals surface area contributed by atoms with Crippen LogP contribution in [0.15, 0.2) is 36.4 Å². The maximum Gasteiger partial charge on any atom is 0.0714 e. The minimum atomic E-state index is 0.471. The maximum absolute atomic E-state index is 6.12. The zero-order valence-corrected chi connectivity index (χ0v) is 10.4. The second kappa shape index (κ2) is 4.54. The van der Waals surface area contributed by atoms with E-state index < -0.39 is 0 Å². The molecule has 0 aliphatic rings. The minimum absolute atomic E-state index is 0.471. The Kier molecular flexibility index (Phi) is 3.29. The third-order valence-electron chi connectivity index (χ3n) is 2.22. The SMILES string of the molecule is Nc1cc(Cl)cc(-c2ccc(Cl)cc2)c1Cl. The molecule has 4 heteroatoms. The van der Waals surface area contributed by atoms with E-state index in [4.69, 9.17) is 40.5 Å². The zero-order chi connectivity index (χ0) is 11.7. The Balaban J connectivity index is 2.59. The number of benzene rings is 2. The number of rotatable bonds is 1. The molecular formula is C12H8Cl3N. The summed E-state index contributed by atoms with van der Waals surface area (Å²) in [6.07, 6.45) is 0. The third kappa shape index (κ3) is 2.27. The standard InChI is InChI=1S/C12H8Cl3N/c13-8-3-1-7(2-4-8)10-5-9(14)6-11(16)12(10)15/h1-6H,16H2. The molecule has 0 saturated heterocycles. The van der Waals surface area contributed by atoms with Crippen LogP contribution in [-0.2, 0) is 0 Å². The van der Waals surface area contributed by atoms with Crippen molar-refractivity contribution in [2.24, 2.45) is 0 Å². The lowest BCUT2D eigenvalue weighted by atomic mass is 10.1. The molecule has 2 N–H and O–H groups in total. The van der Waals surface area contributed by atoms with Gasteiger partial charge >= 0.3 is 0 Å². The van der Waals surface area contributed by atoms with Crippen LogP contribution in [0.3, 0.4) is 0 Å². The van der Waals surface area contributed by atoms with Crippen molar-refractivity contribution in [3.8, 4) is 11.1 Å². The van der Waals surface area contributed by atoms with E-state index in [-0.39, 0.29) is 0 Å². The van der Waals surface area contributed by atoms with Crippen LogP contribution in [0, 0.1) is 0 Å². The monoisotopic (exact) mass is 271 g/mol. The lowest BCUT2D eigenvalue weighted by molar-refractivity contribution is 1.61. The molecular weight excluding hydrogens is 264 g/mol. The Labute approximate surface area is 109 Å². The van der Waals surface area contributed by atoms with Gasteiger partial charge in [0, 0.05) is 15.6 Å². The van der Waals surface area contributed by atoms with Crippen LogP contribution in [0.2, 0.25) is 15.1 Å². The van der Waals surface area contributed by atoms with Gasteiger partial charge < -0.3 is 5.73 Å². The van der Waals surface area contributed by atoms with Crippen LogP contribution in [-0.4, -0.2) is 0 Å². The smallest absolute Gasteiger partial charge is 0.0714 e. The average molecular weight is 273 g/mol. The fraction of sp³-hybridized carbons (Fsp3) is 0. The van der Waals surface area contributed by atoms with Crippen molar-refractivity contribution in [1.82, 2.24) is 0 Å². The Morgan fingerprint density at radius 1 is 0.812 bits per heavy atom. The van der Waals surface area contributed by atoms with E-state index in [0.717, 1.165) is 11.1 Å². The summed E-state index contributed by atoms with van der Waals surface area (Å²) in [4.78, 5) is 0. The summed E-state index contributed by atoms with van der Waals surface area (Å²) >= 11 is 17.9. The van der Waals surface area contributed by atoms with Gasteiger partial charge in [0.2, 0.25) is 0 Å². The number of nitrogens with two attached hydrogens (primary N) is 1. The number of hydrogen-bond acceptors (Lipinski definition) is 1. The van der Waals surface area contributed by atoms with E-state index in [1.54, 1.807) is 24.3 Å². The highest BCUT2D eigenvalue weighted by atomic mass is 35.5. The number of anilines is 1. The quantitative estimate of drug-likeness (QED) is 0.734. The van der Waals surface area contributed by atoms with Crippen molar-refractivity contribution in [2.45, 2.75) is 0 Å². The van der Waals surface area contributed by atoms with Crippen molar-refractivity contribution < 1.29 is 0 Å². The van der Waals surface area contributed by atoms with E-state index in [1.807, 2.05) is 12.1 Å². The highest BCUT2D eigenvalue weighted by molar-refractivity contribution is 6.37. The minimum Gasteiger partial charge on any atom is -0.397 e. The van der Waals surface area contributed by atoms with Crippen molar-refractivity contribution in [1.29, 1.82) is 0 Å². The first-order chi connectivity index (χ1) is 7.58. The topological polar surface area (TPSA) is 26.0 Å². The Bertz CT molecular complexity index is 521. The molecule has 0 fully saturated rings. The molecule has 0 atom stereocenters. The van der Waals surface area contributed by atoms with Gasteiger partial charge in [-0.05, 0) is 29.8 Å². The van der Waals surface area contributed by atoms with Crippen LogP contribution in [0.5, 0.6) is 0 Å². The number of hydrogen-bond donors (Lipinski definition) is 1. The highest BCUT2D eigenvalue weighted by Gasteiger charge is 2.08. The number of halogens is 3. The zero-order valence-electron chi connectivity index (χ0n) is 8.18. The second-order valence-electron chi connectivity index (χ2n) is 3.36. The molecule has 2 rings (SSSR count). The largest absolute Gasteiger partial charge is 0.397 e. The number of nitrogen functional groups attached to an aromatic ring is 1. The molecule has 0 aliphatic heterocycles. The lowest BCUT2D eigenvalue weighted by Gasteiger charge is -2.08. The first kappa shape index (κ1) is 11.6. The van der Waals surface area contributed by atoms with Crippen molar-refractivity contribution >= 4 is 40.5 Å². The van der Waals surface area contributed by atoms with Gasteiger partial charge in [-0.3, -0.25) is 0 Å². The van der Waals surface area contributed by atoms with E-state index in [1.165, 1.54) is 0 Å². The molecule has 2 aromatic carbocycles. The molecule has 0 bridgehead atoms. The van der Waals surface area contributed by atoms with E-state index >= 15 is 0 Å². The summed E-state index contributed by atoms with van der Waals surface area (Å²) in [7, 11) is 0. The molecule has 0 spiro atoms. The van der Waals surface area contributed by atoms with E-state index in [2.05, 4.69) is 0 Å². The normalized spacial score (nSPS) is 10.4. The second-order valence-corrected chi connectivity index (χ2v) is 4.61. The summed E-state index contributed by atoms with van der Waals surface area (Å²) in [6, 6.07) is 10.8. The van der Waals surface area contributed by atoms with Gasteiger partial charge in [0.1, 0.15) is 0 Å². The van der Waals surface area contributed by atoms with Crippen LogP contribution >= 0.6 is 34.8 Å². The van der Waals surface area contributed by atoms with Gasteiger partial charge in [-0.1, -0.05) is 46.9 Å². The van der Waals surface area contributed by atoms with Gasteiger partial charge in [0.25, 0.3) is 0 Å². The highest BCUT2D eigenvalue weighted by Crippen LogP contribution is 2.35. The van der Waals surface area contributed by atoms with Crippen molar-refractivity contribution in [3.63, 3.8) is 0 Å². The fourth-order valence-corrected chi connectivity index (χ4v) is 2.02.